The average Bonchev–Trinajstić information content (AvgIpc) is 3.17. The van der Waals surface area contributed by atoms with E-state index in [0.717, 1.165) is 12.8 Å². The summed E-state index contributed by atoms with van der Waals surface area (Å²) in [5, 5.41) is 3.27. The molecule has 1 N–H and O–H groups in total. The van der Waals surface area contributed by atoms with E-state index >= 15 is 0 Å². The second-order valence-electron chi connectivity index (χ2n) is 10.4. The van der Waals surface area contributed by atoms with Crippen LogP contribution in [0.5, 0.6) is 0 Å². The van der Waals surface area contributed by atoms with Gasteiger partial charge in [-0.2, -0.15) is 9.29 Å². The quantitative estimate of drug-likeness (QED) is 0.655. The smallest absolute Gasteiger partial charge is 0.298 e. The van der Waals surface area contributed by atoms with Crippen molar-refractivity contribution in [3.05, 3.63) is 23.8 Å². The van der Waals surface area contributed by atoms with Crippen LogP contribution in [0.3, 0.4) is 0 Å². The molecule has 1 aromatic carbocycles. The Morgan fingerprint density at radius 1 is 1.11 bits per heavy atom. The highest BCUT2D eigenvalue weighted by Gasteiger charge is 2.38. The number of para-hydroxylation sites is 1. The molecular weight excluding hydrogens is 490 g/mol. The van der Waals surface area contributed by atoms with E-state index < -0.39 is 10.0 Å². The van der Waals surface area contributed by atoms with E-state index in [1.54, 1.807) is 6.07 Å². The molecule has 1 amide bonds. The lowest BCUT2D eigenvalue weighted by atomic mass is 9.82. The lowest BCUT2D eigenvalue weighted by Gasteiger charge is -2.47. The molecule has 0 spiro atoms. The van der Waals surface area contributed by atoms with E-state index in [-0.39, 0.29) is 36.4 Å². The van der Waals surface area contributed by atoms with Crippen LogP contribution in [0.25, 0.3) is 11.1 Å². The van der Waals surface area contributed by atoms with Crippen molar-refractivity contribution in [3.63, 3.8) is 0 Å². The summed E-state index contributed by atoms with van der Waals surface area (Å²) in [4.78, 5) is 22.5. The van der Waals surface area contributed by atoms with Crippen LogP contribution in [-0.2, 0) is 10.0 Å². The molecule has 3 saturated heterocycles. The van der Waals surface area contributed by atoms with Gasteiger partial charge in [-0.05, 0) is 58.7 Å². The molecule has 1 aromatic heterocycles. The van der Waals surface area contributed by atoms with Crippen molar-refractivity contribution in [2.24, 2.45) is 0 Å². The van der Waals surface area contributed by atoms with Gasteiger partial charge in [-0.25, -0.2) is 8.42 Å². The summed E-state index contributed by atoms with van der Waals surface area (Å²) in [6, 6.07) is 6.91. The third-order valence-electron chi connectivity index (χ3n) is 7.90. The molecule has 4 atom stereocenters. The Morgan fingerprint density at radius 3 is 2.34 bits per heavy atom. The summed E-state index contributed by atoms with van der Waals surface area (Å²) >= 11 is 0. The SMILES string of the molecule is C[C@H]1CN(S(C)(=O)=O)C[C@H](C)N1c1nc2c(C(=O)NC3CC4CCCC(C3)N4C)cccc2o1.Cl. The Kier molecular flexibility index (Phi) is 7.39. The van der Waals surface area contributed by atoms with Crippen LogP contribution in [0.4, 0.5) is 6.01 Å². The minimum Gasteiger partial charge on any atom is -0.423 e. The fraction of sp³-hybridized carbons (Fsp3) is 0.667. The number of amides is 1. The number of halogens is 1. The number of hydrogen-bond donors (Lipinski definition) is 1. The van der Waals surface area contributed by atoms with Gasteiger partial charge in [0.15, 0.2) is 5.58 Å². The van der Waals surface area contributed by atoms with Crippen LogP contribution in [0.15, 0.2) is 22.6 Å². The number of aromatic nitrogens is 1. The van der Waals surface area contributed by atoms with Gasteiger partial charge in [-0.1, -0.05) is 12.5 Å². The number of carbonyl (C=O) groups is 1. The number of carbonyl (C=O) groups excluding carboxylic acids is 1. The molecule has 35 heavy (non-hydrogen) atoms. The molecule has 9 nitrogen and oxygen atoms in total. The van der Waals surface area contributed by atoms with Gasteiger partial charge >= 0.3 is 0 Å². The third-order valence-corrected chi connectivity index (χ3v) is 9.14. The van der Waals surface area contributed by atoms with Crippen LogP contribution in [0.1, 0.15) is 56.3 Å². The second kappa shape index (κ2) is 9.88. The monoisotopic (exact) mass is 525 g/mol. The maximum atomic E-state index is 13.3. The topological polar surface area (TPSA) is 99.0 Å². The van der Waals surface area contributed by atoms with E-state index in [4.69, 9.17) is 9.40 Å². The Hall–Kier alpha value is -1.88. The molecule has 2 aromatic rings. The van der Waals surface area contributed by atoms with Gasteiger partial charge < -0.3 is 19.5 Å². The number of benzene rings is 1. The van der Waals surface area contributed by atoms with E-state index in [0.29, 0.717) is 47.9 Å². The molecule has 3 aliphatic rings. The zero-order valence-corrected chi connectivity index (χ0v) is 22.4. The van der Waals surface area contributed by atoms with E-state index in [2.05, 4.69) is 17.3 Å². The predicted molar refractivity (Wildman–Crippen MR) is 139 cm³/mol. The number of rotatable bonds is 4. The summed E-state index contributed by atoms with van der Waals surface area (Å²) in [6.07, 6.45) is 6.88. The predicted octanol–water partition coefficient (Wildman–Crippen LogP) is 2.85. The standard InChI is InChI=1S/C24H35N5O4S.ClH/c1-15-13-28(34(4,31)32)14-16(2)29(15)24-26-22-20(9-6-10-21(22)33-24)23(30)25-17-11-18-7-5-8-19(12-17)27(18)3;/h6,9-10,15-19H,5,7-8,11-14H2,1-4H3,(H,25,30);1H/t15-,16-,17?,18?,19?;/m0./s1. The normalized spacial score (nSPS) is 30.2. The van der Waals surface area contributed by atoms with Crippen LogP contribution >= 0.6 is 12.4 Å². The zero-order valence-electron chi connectivity index (χ0n) is 20.8. The molecule has 3 aliphatic heterocycles. The molecule has 194 valence electrons. The first-order valence-corrected chi connectivity index (χ1v) is 14.1. The largest absolute Gasteiger partial charge is 0.423 e. The fourth-order valence-electron chi connectivity index (χ4n) is 6.15. The number of piperidine rings is 2. The first kappa shape index (κ1) is 26.2. The Morgan fingerprint density at radius 2 is 1.74 bits per heavy atom. The highest BCUT2D eigenvalue weighted by atomic mass is 35.5. The van der Waals surface area contributed by atoms with Gasteiger partial charge in [-0.3, -0.25) is 4.79 Å². The third kappa shape index (κ3) is 5.03. The van der Waals surface area contributed by atoms with Crippen molar-refractivity contribution in [2.75, 3.05) is 31.3 Å². The zero-order chi connectivity index (χ0) is 24.2. The van der Waals surface area contributed by atoms with E-state index in [9.17, 15) is 13.2 Å². The van der Waals surface area contributed by atoms with Crippen LogP contribution < -0.4 is 10.2 Å². The summed E-state index contributed by atoms with van der Waals surface area (Å²) < 4.78 is 31.7. The Balaban J connectivity index is 0.00000289. The van der Waals surface area contributed by atoms with Crippen molar-refractivity contribution in [3.8, 4) is 0 Å². The molecule has 3 fully saturated rings. The molecule has 2 bridgehead atoms. The van der Waals surface area contributed by atoms with Crippen molar-refractivity contribution in [2.45, 2.75) is 76.2 Å². The highest BCUT2D eigenvalue weighted by molar-refractivity contribution is 7.88. The minimum absolute atomic E-state index is 0. The first-order chi connectivity index (χ1) is 16.1. The number of fused-ring (bicyclic) bond motifs is 3. The molecule has 0 saturated carbocycles. The number of hydrogen-bond acceptors (Lipinski definition) is 7. The van der Waals surface area contributed by atoms with E-state index in [1.807, 2.05) is 30.9 Å². The lowest BCUT2D eigenvalue weighted by molar-refractivity contribution is 0.0463. The maximum absolute atomic E-state index is 13.3. The molecule has 11 heteroatoms. The molecular formula is C24H36ClN5O4S. The number of sulfonamides is 1. The Labute approximate surface area is 213 Å². The fourth-order valence-corrected chi connectivity index (χ4v) is 7.12. The first-order valence-electron chi connectivity index (χ1n) is 12.3. The van der Waals surface area contributed by atoms with Gasteiger partial charge in [-0.15, -0.1) is 12.4 Å². The number of oxazole rings is 1. The van der Waals surface area contributed by atoms with Crippen LogP contribution in [-0.4, -0.2) is 85.1 Å². The maximum Gasteiger partial charge on any atom is 0.298 e. The van der Waals surface area contributed by atoms with Crippen molar-refractivity contribution < 1.29 is 17.6 Å². The van der Waals surface area contributed by atoms with Gasteiger partial charge in [0.25, 0.3) is 11.9 Å². The lowest BCUT2D eigenvalue weighted by Crippen LogP contribution is -2.58. The molecule has 0 radical (unpaired) electrons. The van der Waals surface area contributed by atoms with Gasteiger partial charge in [0, 0.05) is 43.3 Å². The van der Waals surface area contributed by atoms with Crippen LogP contribution in [0.2, 0.25) is 0 Å². The summed E-state index contributed by atoms with van der Waals surface area (Å²) in [7, 11) is -1.05. The number of nitrogens with one attached hydrogen (secondary N) is 1. The number of anilines is 1. The van der Waals surface area contributed by atoms with Crippen molar-refractivity contribution in [1.82, 2.24) is 19.5 Å². The molecule has 5 rings (SSSR count). The van der Waals surface area contributed by atoms with Crippen LogP contribution in [0, 0.1) is 0 Å². The Bertz CT molecular complexity index is 1160. The summed E-state index contributed by atoms with van der Waals surface area (Å²) in [5.74, 6) is -0.110. The minimum atomic E-state index is -3.26. The molecule has 2 unspecified atom stereocenters. The summed E-state index contributed by atoms with van der Waals surface area (Å²) in [6.45, 7) is 4.67. The van der Waals surface area contributed by atoms with Gasteiger partial charge in [0.1, 0.15) is 5.52 Å². The van der Waals surface area contributed by atoms with Gasteiger partial charge in [0.05, 0.1) is 11.8 Å². The average molecular weight is 526 g/mol. The number of piperazine rings is 1. The van der Waals surface area contributed by atoms with Crippen molar-refractivity contribution >= 4 is 45.5 Å². The summed E-state index contributed by atoms with van der Waals surface area (Å²) in [5.41, 5.74) is 1.63. The second-order valence-corrected chi connectivity index (χ2v) is 12.4. The van der Waals surface area contributed by atoms with E-state index in [1.165, 1.54) is 29.8 Å². The molecule has 4 heterocycles. The van der Waals surface area contributed by atoms with Gasteiger partial charge in [0.2, 0.25) is 10.0 Å². The molecule has 0 aliphatic carbocycles. The van der Waals surface area contributed by atoms with Crippen molar-refractivity contribution in [1.29, 1.82) is 0 Å². The highest BCUT2D eigenvalue weighted by Crippen LogP contribution is 2.33. The number of nitrogens with zero attached hydrogens (tertiary/aromatic N) is 4.